The first-order valence-electron chi connectivity index (χ1n) is 2.72. The third kappa shape index (κ3) is 5.62. The fourth-order valence-corrected chi connectivity index (χ4v) is 0.888. The molecule has 0 spiro atoms. The van der Waals surface area contributed by atoms with Crippen molar-refractivity contribution in [1.82, 2.24) is 0 Å². The lowest BCUT2D eigenvalue weighted by Crippen LogP contribution is -2.06. The quantitative estimate of drug-likeness (QED) is 0.370. The van der Waals surface area contributed by atoms with Crippen molar-refractivity contribution in [3.8, 4) is 0 Å². The van der Waals surface area contributed by atoms with Gasteiger partial charge in [0.1, 0.15) is 0 Å². The first-order valence-corrected chi connectivity index (χ1v) is 3.71. The zero-order valence-electron chi connectivity index (χ0n) is 5.43. The average Bonchev–Trinajstić information content (AvgIpc) is 1.89. The number of hydrogen-bond acceptors (Lipinski definition) is 2. The third-order valence-corrected chi connectivity index (χ3v) is 1.72. The van der Waals surface area contributed by atoms with Crippen molar-refractivity contribution < 1.29 is 4.39 Å². The number of hydrogen-bond donors (Lipinski definition) is 1. The number of halogens is 1. The van der Waals surface area contributed by atoms with Gasteiger partial charge in [0.15, 0.2) is 5.17 Å². The molecular formula is C5H11FN2S. The summed E-state index contributed by atoms with van der Waals surface area (Å²) in [6, 6.07) is 0. The van der Waals surface area contributed by atoms with Crippen LogP contribution in [0, 0.1) is 0 Å². The van der Waals surface area contributed by atoms with E-state index in [0.29, 0.717) is 11.6 Å². The minimum Gasteiger partial charge on any atom is -0.379 e. The summed E-state index contributed by atoms with van der Waals surface area (Å²) >= 11 is 1.39. The topological polar surface area (TPSA) is 38.4 Å². The summed E-state index contributed by atoms with van der Waals surface area (Å²) in [6.07, 6.45) is 0.556. The molecule has 0 heterocycles. The van der Waals surface area contributed by atoms with Crippen molar-refractivity contribution in [2.45, 2.75) is 6.42 Å². The first kappa shape index (κ1) is 8.75. The van der Waals surface area contributed by atoms with E-state index in [4.69, 9.17) is 5.73 Å². The normalized spacial score (nSPS) is 12.0. The van der Waals surface area contributed by atoms with Gasteiger partial charge in [-0.05, 0) is 6.42 Å². The Morgan fingerprint density at radius 3 is 2.89 bits per heavy atom. The van der Waals surface area contributed by atoms with Gasteiger partial charge in [0, 0.05) is 12.8 Å². The third-order valence-electron chi connectivity index (χ3n) is 0.748. The molecule has 0 aliphatic carbocycles. The summed E-state index contributed by atoms with van der Waals surface area (Å²) < 4.78 is 11.5. The van der Waals surface area contributed by atoms with E-state index in [-0.39, 0.29) is 6.67 Å². The highest BCUT2D eigenvalue weighted by Crippen LogP contribution is 2.01. The van der Waals surface area contributed by atoms with Gasteiger partial charge in [-0.3, -0.25) is 9.38 Å². The van der Waals surface area contributed by atoms with Crippen LogP contribution in [-0.4, -0.2) is 24.6 Å². The second-order valence-electron chi connectivity index (χ2n) is 1.45. The van der Waals surface area contributed by atoms with E-state index in [2.05, 4.69) is 4.99 Å². The van der Waals surface area contributed by atoms with Crippen LogP contribution < -0.4 is 5.73 Å². The lowest BCUT2D eigenvalue weighted by molar-refractivity contribution is 0.489. The Balaban J connectivity index is 3.07. The molecule has 9 heavy (non-hydrogen) atoms. The van der Waals surface area contributed by atoms with Gasteiger partial charge >= 0.3 is 0 Å². The summed E-state index contributed by atoms with van der Waals surface area (Å²) in [5, 5.41) is 0.531. The molecule has 4 heteroatoms. The van der Waals surface area contributed by atoms with Crippen LogP contribution in [0.15, 0.2) is 4.99 Å². The van der Waals surface area contributed by atoms with E-state index >= 15 is 0 Å². The maximum atomic E-state index is 11.5. The highest BCUT2D eigenvalue weighted by atomic mass is 32.2. The fourth-order valence-electron chi connectivity index (χ4n) is 0.296. The minimum atomic E-state index is -0.274. The highest BCUT2D eigenvalue weighted by molar-refractivity contribution is 8.13. The number of nitrogens with zero attached hydrogens (tertiary/aromatic N) is 1. The molecule has 0 aliphatic heterocycles. The Labute approximate surface area is 58.7 Å². The summed E-state index contributed by atoms with van der Waals surface area (Å²) in [5.41, 5.74) is 5.30. The molecule has 0 fully saturated rings. The van der Waals surface area contributed by atoms with E-state index in [1.165, 1.54) is 11.8 Å². The minimum absolute atomic E-state index is 0.274. The van der Waals surface area contributed by atoms with Gasteiger partial charge < -0.3 is 5.73 Å². The van der Waals surface area contributed by atoms with Gasteiger partial charge in [-0.1, -0.05) is 11.8 Å². The number of rotatable bonds is 3. The molecule has 0 aliphatic rings. The number of nitrogens with two attached hydrogens (primary N) is 1. The first-order chi connectivity index (χ1) is 4.31. The van der Waals surface area contributed by atoms with E-state index in [1.807, 2.05) is 0 Å². The lowest BCUT2D eigenvalue weighted by atomic mass is 10.6. The van der Waals surface area contributed by atoms with Crippen molar-refractivity contribution >= 4 is 16.9 Å². The Morgan fingerprint density at radius 2 is 2.44 bits per heavy atom. The molecule has 0 bridgehead atoms. The van der Waals surface area contributed by atoms with Gasteiger partial charge in [0.05, 0.1) is 6.67 Å². The van der Waals surface area contributed by atoms with Crippen molar-refractivity contribution in [3.05, 3.63) is 0 Å². The second kappa shape index (κ2) is 5.88. The molecule has 2 N–H and O–H groups in total. The number of amidine groups is 1. The molecule has 0 saturated heterocycles. The Hall–Kier alpha value is -0.250. The SMILES string of the molecule is CN=C(N)SCCCF. The molecule has 0 unspecified atom stereocenters. The maximum Gasteiger partial charge on any atom is 0.153 e. The molecule has 0 radical (unpaired) electrons. The smallest absolute Gasteiger partial charge is 0.153 e. The monoisotopic (exact) mass is 150 g/mol. The van der Waals surface area contributed by atoms with Crippen molar-refractivity contribution in [1.29, 1.82) is 0 Å². The van der Waals surface area contributed by atoms with Crippen molar-refractivity contribution in [2.24, 2.45) is 10.7 Å². The molecule has 0 rings (SSSR count). The molecule has 0 aromatic heterocycles. The van der Waals surface area contributed by atoms with Crippen LogP contribution in [0.2, 0.25) is 0 Å². The Kier molecular flexibility index (Phi) is 5.72. The average molecular weight is 150 g/mol. The number of alkyl halides is 1. The Morgan fingerprint density at radius 1 is 1.78 bits per heavy atom. The molecule has 0 aromatic carbocycles. The van der Waals surface area contributed by atoms with Crippen LogP contribution in [0.3, 0.4) is 0 Å². The van der Waals surface area contributed by atoms with Crippen LogP contribution >= 0.6 is 11.8 Å². The van der Waals surface area contributed by atoms with E-state index in [0.717, 1.165) is 5.75 Å². The second-order valence-corrected chi connectivity index (χ2v) is 2.57. The summed E-state index contributed by atoms with van der Waals surface area (Å²) in [6.45, 7) is -0.274. The van der Waals surface area contributed by atoms with Crippen LogP contribution in [0.25, 0.3) is 0 Å². The van der Waals surface area contributed by atoms with Crippen LogP contribution in [0.4, 0.5) is 4.39 Å². The maximum absolute atomic E-state index is 11.5. The fraction of sp³-hybridized carbons (Fsp3) is 0.800. The summed E-state index contributed by atoms with van der Waals surface area (Å²) in [7, 11) is 1.62. The molecule has 2 nitrogen and oxygen atoms in total. The van der Waals surface area contributed by atoms with E-state index in [9.17, 15) is 4.39 Å². The zero-order chi connectivity index (χ0) is 7.11. The molecule has 54 valence electrons. The number of aliphatic imine (C=N–C) groups is 1. The largest absolute Gasteiger partial charge is 0.379 e. The van der Waals surface area contributed by atoms with Crippen LogP contribution in [-0.2, 0) is 0 Å². The lowest BCUT2D eigenvalue weighted by Gasteiger charge is -1.94. The van der Waals surface area contributed by atoms with Crippen molar-refractivity contribution in [2.75, 3.05) is 19.5 Å². The predicted molar refractivity (Wildman–Crippen MR) is 40.6 cm³/mol. The van der Waals surface area contributed by atoms with E-state index < -0.39 is 0 Å². The zero-order valence-corrected chi connectivity index (χ0v) is 6.25. The van der Waals surface area contributed by atoms with Gasteiger partial charge in [-0.15, -0.1) is 0 Å². The van der Waals surface area contributed by atoms with Gasteiger partial charge in [-0.2, -0.15) is 0 Å². The van der Waals surface area contributed by atoms with E-state index in [1.54, 1.807) is 7.05 Å². The van der Waals surface area contributed by atoms with Crippen molar-refractivity contribution in [3.63, 3.8) is 0 Å². The standard InChI is InChI=1S/C5H11FN2S/c1-8-5(7)9-4-2-3-6/h2-4H2,1H3,(H2,7,8). The molecule has 0 atom stereocenters. The Bertz CT molecular complexity index is 95.0. The molecule has 0 amide bonds. The molecule has 0 aromatic rings. The van der Waals surface area contributed by atoms with Crippen LogP contribution in [0.1, 0.15) is 6.42 Å². The van der Waals surface area contributed by atoms with Gasteiger partial charge in [0.2, 0.25) is 0 Å². The summed E-state index contributed by atoms with van der Waals surface area (Å²) in [5.74, 6) is 0.722. The highest BCUT2D eigenvalue weighted by Gasteiger charge is 1.90. The summed E-state index contributed by atoms with van der Waals surface area (Å²) in [4.78, 5) is 3.70. The number of thioether (sulfide) groups is 1. The van der Waals surface area contributed by atoms with Gasteiger partial charge in [-0.25, -0.2) is 0 Å². The molecule has 0 saturated carbocycles. The van der Waals surface area contributed by atoms with Gasteiger partial charge in [0.25, 0.3) is 0 Å². The van der Waals surface area contributed by atoms with Crippen LogP contribution in [0.5, 0.6) is 0 Å². The molecular weight excluding hydrogens is 139 g/mol. The predicted octanol–water partition coefficient (Wildman–Crippen LogP) is 1.02.